The Morgan fingerprint density at radius 1 is 1.26 bits per heavy atom. The van der Waals surface area contributed by atoms with Gasteiger partial charge >= 0.3 is 0 Å². The Kier molecular flexibility index (Phi) is 2.83. The van der Waals surface area contributed by atoms with Gasteiger partial charge in [0, 0.05) is 6.07 Å². The number of aryl methyl sites for hydroxylation is 1. The third-order valence-electron chi connectivity index (χ3n) is 2.79. The predicted molar refractivity (Wildman–Crippen MR) is 73.0 cm³/mol. The van der Waals surface area contributed by atoms with Crippen molar-refractivity contribution in [3.63, 3.8) is 0 Å². The molecule has 0 aliphatic rings. The van der Waals surface area contributed by atoms with Crippen LogP contribution in [0.5, 0.6) is 5.75 Å². The molecule has 0 saturated heterocycles. The van der Waals surface area contributed by atoms with E-state index in [1.54, 1.807) is 24.9 Å². The van der Waals surface area contributed by atoms with E-state index in [4.69, 9.17) is 16.3 Å². The summed E-state index contributed by atoms with van der Waals surface area (Å²) in [6, 6.07) is 7.60. The molecule has 0 unspecified atom stereocenters. The third kappa shape index (κ3) is 2.02. The zero-order valence-corrected chi connectivity index (χ0v) is 11.2. The number of nitrogens with zero attached hydrogens (tertiary/aromatic N) is 4. The lowest BCUT2D eigenvalue weighted by atomic mass is 10.3. The second-order valence-corrected chi connectivity index (χ2v) is 4.41. The molecule has 1 aromatic carbocycles. The Morgan fingerprint density at radius 2 is 2.11 bits per heavy atom. The molecule has 0 spiro atoms. The van der Waals surface area contributed by atoms with Crippen LogP contribution in [-0.2, 0) is 0 Å². The molecule has 0 radical (unpaired) electrons. The number of fused-ring (bicyclic) bond motifs is 1. The minimum Gasteiger partial charge on any atom is -0.497 e. The monoisotopic (exact) mass is 274 g/mol. The molecule has 0 saturated carbocycles. The minimum absolute atomic E-state index is 0.414. The minimum atomic E-state index is 0.414. The number of hydrogen-bond acceptors (Lipinski definition) is 4. The van der Waals surface area contributed by atoms with Gasteiger partial charge in [0.15, 0.2) is 5.65 Å². The van der Waals surface area contributed by atoms with E-state index >= 15 is 0 Å². The molecule has 96 valence electrons. The van der Waals surface area contributed by atoms with Gasteiger partial charge in [-0.25, -0.2) is 14.6 Å². The molecule has 0 aliphatic heterocycles. The number of ether oxygens (including phenoxy) is 1. The Bertz CT molecular complexity index is 753. The van der Waals surface area contributed by atoms with E-state index in [2.05, 4.69) is 15.1 Å². The van der Waals surface area contributed by atoms with Crippen LogP contribution < -0.4 is 4.74 Å². The van der Waals surface area contributed by atoms with Gasteiger partial charge in [-0.15, -0.1) is 0 Å². The highest BCUT2D eigenvalue weighted by Crippen LogP contribution is 2.24. The van der Waals surface area contributed by atoms with Crippen molar-refractivity contribution >= 4 is 22.6 Å². The molecule has 0 amide bonds. The van der Waals surface area contributed by atoms with Crippen molar-refractivity contribution in [3.8, 4) is 11.4 Å². The van der Waals surface area contributed by atoms with Gasteiger partial charge in [-0.2, -0.15) is 5.10 Å². The quantitative estimate of drug-likeness (QED) is 0.674. The van der Waals surface area contributed by atoms with Crippen LogP contribution in [0.1, 0.15) is 5.82 Å². The zero-order chi connectivity index (χ0) is 13.4. The topological polar surface area (TPSA) is 52.8 Å². The van der Waals surface area contributed by atoms with Gasteiger partial charge in [-0.1, -0.05) is 17.7 Å². The Balaban J connectivity index is 2.25. The molecular weight excluding hydrogens is 264 g/mol. The van der Waals surface area contributed by atoms with Crippen molar-refractivity contribution < 1.29 is 4.74 Å². The highest BCUT2D eigenvalue weighted by atomic mass is 35.5. The van der Waals surface area contributed by atoms with Crippen LogP contribution in [-0.4, -0.2) is 26.9 Å². The Hall–Kier alpha value is -2.14. The SMILES string of the molecule is COc1cccc(-n2ncc3c(Cl)nc(C)nc32)c1. The first-order chi connectivity index (χ1) is 9.19. The highest BCUT2D eigenvalue weighted by Gasteiger charge is 2.11. The fourth-order valence-electron chi connectivity index (χ4n) is 1.91. The first-order valence-corrected chi connectivity index (χ1v) is 6.09. The second kappa shape index (κ2) is 4.51. The number of aromatic nitrogens is 4. The summed E-state index contributed by atoms with van der Waals surface area (Å²) >= 11 is 6.09. The maximum atomic E-state index is 6.09. The van der Waals surface area contributed by atoms with E-state index in [1.807, 2.05) is 24.3 Å². The summed E-state index contributed by atoms with van der Waals surface area (Å²) in [7, 11) is 1.63. The molecule has 0 fully saturated rings. The smallest absolute Gasteiger partial charge is 0.168 e. The fourth-order valence-corrected chi connectivity index (χ4v) is 2.16. The number of benzene rings is 1. The summed E-state index contributed by atoms with van der Waals surface area (Å²) in [5.74, 6) is 1.38. The summed E-state index contributed by atoms with van der Waals surface area (Å²) in [6.07, 6.45) is 1.66. The van der Waals surface area contributed by atoms with Crippen LogP contribution in [0.15, 0.2) is 30.5 Å². The average molecular weight is 275 g/mol. The highest BCUT2D eigenvalue weighted by molar-refractivity contribution is 6.33. The van der Waals surface area contributed by atoms with Crippen LogP contribution in [0.4, 0.5) is 0 Å². The Labute approximate surface area is 114 Å². The molecular formula is C13H11ClN4O. The number of halogens is 1. The van der Waals surface area contributed by atoms with Crippen LogP contribution in [0.3, 0.4) is 0 Å². The molecule has 19 heavy (non-hydrogen) atoms. The van der Waals surface area contributed by atoms with E-state index in [-0.39, 0.29) is 0 Å². The Morgan fingerprint density at radius 3 is 2.89 bits per heavy atom. The molecule has 0 bridgehead atoms. The van der Waals surface area contributed by atoms with E-state index < -0.39 is 0 Å². The summed E-state index contributed by atoms with van der Waals surface area (Å²) in [5.41, 5.74) is 1.55. The largest absolute Gasteiger partial charge is 0.497 e. The zero-order valence-electron chi connectivity index (χ0n) is 10.5. The van der Waals surface area contributed by atoms with Gasteiger partial charge in [0.2, 0.25) is 0 Å². The van der Waals surface area contributed by atoms with E-state index in [9.17, 15) is 0 Å². The van der Waals surface area contributed by atoms with Gasteiger partial charge in [-0.3, -0.25) is 0 Å². The normalized spacial score (nSPS) is 10.9. The van der Waals surface area contributed by atoms with Crippen molar-refractivity contribution in [2.45, 2.75) is 6.92 Å². The van der Waals surface area contributed by atoms with Crippen LogP contribution in [0.2, 0.25) is 5.15 Å². The van der Waals surface area contributed by atoms with E-state index in [1.165, 1.54) is 0 Å². The molecule has 5 nitrogen and oxygen atoms in total. The van der Waals surface area contributed by atoms with Gasteiger partial charge in [0.1, 0.15) is 16.7 Å². The van der Waals surface area contributed by atoms with Crippen molar-refractivity contribution in [2.75, 3.05) is 7.11 Å². The van der Waals surface area contributed by atoms with Crippen molar-refractivity contribution in [2.24, 2.45) is 0 Å². The van der Waals surface area contributed by atoms with E-state index in [0.717, 1.165) is 16.8 Å². The van der Waals surface area contributed by atoms with Gasteiger partial charge in [-0.05, 0) is 19.1 Å². The first-order valence-electron chi connectivity index (χ1n) is 5.71. The lowest BCUT2D eigenvalue weighted by Crippen LogP contribution is -1.99. The van der Waals surface area contributed by atoms with Crippen molar-refractivity contribution in [1.29, 1.82) is 0 Å². The molecule has 2 aromatic heterocycles. The summed E-state index contributed by atoms with van der Waals surface area (Å²) in [6.45, 7) is 1.80. The van der Waals surface area contributed by atoms with Gasteiger partial charge in [0.25, 0.3) is 0 Å². The second-order valence-electron chi connectivity index (χ2n) is 4.06. The number of rotatable bonds is 2. The molecule has 6 heteroatoms. The van der Waals surface area contributed by atoms with Gasteiger partial charge in [0.05, 0.1) is 24.4 Å². The van der Waals surface area contributed by atoms with Crippen LogP contribution >= 0.6 is 11.6 Å². The van der Waals surface area contributed by atoms with Crippen LogP contribution in [0.25, 0.3) is 16.7 Å². The molecule has 3 aromatic rings. The van der Waals surface area contributed by atoms with Crippen molar-refractivity contribution in [1.82, 2.24) is 19.7 Å². The van der Waals surface area contributed by atoms with Crippen LogP contribution in [0, 0.1) is 6.92 Å². The molecule has 0 N–H and O–H groups in total. The first kappa shape index (κ1) is 11.9. The predicted octanol–water partition coefficient (Wildman–Crippen LogP) is 2.79. The average Bonchev–Trinajstić information content (AvgIpc) is 2.82. The lowest BCUT2D eigenvalue weighted by molar-refractivity contribution is 0.414. The summed E-state index contributed by atoms with van der Waals surface area (Å²) in [4.78, 5) is 8.51. The standard InChI is InChI=1S/C13H11ClN4O/c1-8-16-12(14)11-7-15-18(13(11)17-8)9-4-3-5-10(6-9)19-2/h3-7H,1-2H3. The number of hydrogen-bond donors (Lipinski definition) is 0. The van der Waals surface area contributed by atoms with E-state index in [0.29, 0.717) is 16.6 Å². The maximum Gasteiger partial charge on any atom is 0.168 e. The molecule has 3 rings (SSSR count). The molecule has 0 aliphatic carbocycles. The fraction of sp³-hybridized carbons (Fsp3) is 0.154. The lowest BCUT2D eigenvalue weighted by Gasteiger charge is -2.05. The summed E-state index contributed by atoms with van der Waals surface area (Å²) in [5, 5.41) is 5.46. The third-order valence-corrected chi connectivity index (χ3v) is 3.08. The maximum absolute atomic E-state index is 6.09. The summed E-state index contributed by atoms with van der Waals surface area (Å²) < 4.78 is 6.93. The molecule has 0 atom stereocenters. The molecule has 2 heterocycles. The van der Waals surface area contributed by atoms with Gasteiger partial charge < -0.3 is 4.74 Å². The van der Waals surface area contributed by atoms with Crippen molar-refractivity contribution in [3.05, 3.63) is 41.4 Å². The number of methoxy groups -OCH3 is 1.